The molecule has 3 N–H and O–H groups in total. The number of phenols is 1. The third-order valence-electron chi connectivity index (χ3n) is 5.78. The van der Waals surface area contributed by atoms with Gasteiger partial charge in [0.2, 0.25) is 0 Å². The molecule has 3 aromatic rings. The summed E-state index contributed by atoms with van der Waals surface area (Å²) in [5, 5.41) is 14.4. The standard InChI is InChI=1S/C24H28N2O4/c1-14-7-5-6-8-19(14)25-24(28)22-17(4)30-21-10-9-20(27)18(23(21)22)13-26-11-15(2)29-16(3)12-26/h5-10,15-16,27H,11-13H2,1-4H3,(H,25,28)/p+1/t15-,16-/m1/s1. The minimum atomic E-state index is -0.230. The van der Waals surface area contributed by atoms with Crippen LogP contribution in [0.4, 0.5) is 5.69 Å². The second kappa shape index (κ2) is 8.13. The van der Waals surface area contributed by atoms with E-state index in [4.69, 9.17) is 9.15 Å². The number of benzene rings is 2. The number of morpholine rings is 1. The van der Waals surface area contributed by atoms with E-state index in [1.165, 1.54) is 4.90 Å². The average molecular weight is 410 g/mol. The summed E-state index contributed by atoms with van der Waals surface area (Å²) in [6.07, 6.45) is 0.306. The number of nitrogens with one attached hydrogen (secondary N) is 2. The lowest BCUT2D eigenvalue weighted by Crippen LogP contribution is -3.14. The van der Waals surface area contributed by atoms with Crippen LogP contribution >= 0.6 is 0 Å². The Balaban J connectivity index is 1.73. The van der Waals surface area contributed by atoms with Gasteiger partial charge in [-0.25, -0.2) is 0 Å². The molecule has 0 saturated carbocycles. The van der Waals surface area contributed by atoms with E-state index in [0.29, 0.717) is 28.8 Å². The number of ether oxygens (including phenoxy) is 1. The molecule has 1 saturated heterocycles. The van der Waals surface area contributed by atoms with E-state index in [1.807, 2.05) is 31.2 Å². The van der Waals surface area contributed by atoms with Gasteiger partial charge < -0.3 is 24.5 Å². The Morgan fingerprint density at radius 1 is 1.13 bits per heavy atom. The number of rotatable bonds is 4. The number of carbonyl (C=O) groups excluding carboxylic acids is 1. The second-order valence-electron chi connectivity index (χ2n) is 8.33. The Kier molecular flexibility index (Phi) is 5.54. The van der Waals surface area contributed by atoms with Crippen molar-refractivity contribution in [3.63, 3.8) is 0 Å². The van der Waals surface area contributed by atoms with Crippen molar-refractivity contribution in [1.29, 1.82) is 0 Å². The molecule has 158 valence electrons. The molecular formula is C24H29N2O4+. The highest BCUT2D eigenvalue weighted by molar-refractivity contribution is 6.14. The molecule has 1 fully saturated rings. The largest absolute Gasteiger partial charge is 0.507 e. The van der Waals surface area contributed by atoms with Crippen LogP contribution in [0.15, 0.2) is 40.8 Å². The zero-order valence-electron chi connectivity index (χ0n) is 17.9. The molecule has 0 unspecified atom stereocenters. The Bertz CT molecular complexity index is 1080. The molecule has 4 rings (SSSR count). The van der Waals surface area contributed by atoms with E-state index in [9.17, 15) is 9.90 Å². The van der Waals surface area contributed by atoms with Gasteiger partial charge in [-0.15, -0.1) is 0 Å². The van der Waals surface area contributed by atoms with Gasteiger partial charge in [0, 0.05) is 11.1 Å². The molecule has 0 radical (unpaired) electrons. The molecule has 0 spiro atoms. The molecule has 1 aromatic heterocycles. The lowest BCUT2D eigenvalue weighted by molar-refractivity contribution is -0.928. The summed E-state index contributed by atoms with van der Waals surface area (Å²) < 4.78 is 11.8. The molecule has 1 amide bonds. The molecule has 2 atom stereocenters. The molecule has 2 heterocycles. The predicted octanol–water partition coefficient (Wildman–Crippen LogP) is 3.20. The molecule has 0 bridgehead atoms. The Labute approximate surface area is 176 Å². The number of hydrogen-bond donors (Lipinski definition) is 3. The van der Waals surface area contributed by atoms with Crippen molar-refractivity contribution in [3.8, 4) is 5.75 Å². The van der Waals surface area contributed by atoms with Crippen molar-refractivity contribution >= 4 is 22.6 Å². The molecule has 6 heteroatoms. The molecule has 6 nitrogen and oxygen atoms in total. The highest BCUT2D eigenvalue weighted by Gasteiger charge is 2.29. The molecule has 2 aromatic carbocycles. The van der Waals surface area contributed by atoms with Crippen LogP contribution in [0.5, 0.6) is 5.75 Å². The number of phenolic OH excluding ortho intramolecular Hbond substituents is 1. The van der Waals surface area contributed by atoms with Crippen LogP contribution in [-0.4, -0.2) is 36.3 Å². The van der Waals surface area contributed by atoms with Gasteiger partial charge in [0.05, 0.1) is 11.1 Å². The van der Waals surface area contributed by atoms with E-state index in [2.05, 4.69) is 19.2 Å². The summed E-state index contributed by atoms with van der Waals surface area (Å²) in [4.78, 5) is 14.6. The minimum absolute atomic E-state index is 0.153. The van der Waals surface area contributed by atoms with Gasteiger partial charge in [-0.2, -0.15) is 0 Å². The van der Waals surface area contributed by atoms with Gasteiger partial charge in [-0.1, -0.05) is 18.2 Å². The van der Waals surface area contributed by atoms with Gasteiger partial charge in [0.25, 0.3) is 5.91 Å². The summed E-state index contributed by atoms with van der Waals surface area (Å²) in [5.41, 5.74) is 3.59. The number of hydrogen-bond acceptors (Lipinski definition) is 4. The Hall–Kier alpha value is -2.83. The molecule has 1 aliphatic rings. The highest BCUT2D eigenvalue weighted by Crippen LogP contribution is 2.34. The van der Waals surface area contributed by atoms with Crippen LogP contribution in [0.25, 0.3) is 11.0 Å². The molecular weight excluding hydrogens is 380 g/mol. The maximum Gasteiger partial charge on any atom is 0.259 e. The van der Waals surface area contributed by atoms with Crippen molar-refractivity contribution in [2.75, 3.05) is 18.4 Å². The minimum Gasteiger partial charge on any atom is -0.507 e. The monoisotopic (exact) mass is 409 g/mol. The summed E-state index contributed by atoms with van der Waals surface area (Å²) in [7, 11) is 0. The van der Waals surface area contributed by atoms with Crippen molar-refractivity contribution in [2.45, 2.75) is 46.4 Å². The number of amides is 1. The van der Waals surface area contributed by atoms with Crippen LogP contribution in [0.2, 0.25) is 0 Å². The maximum atomic E-state index is 13.2. The fraction of sp³-hybridized carbons (Fsp3) is 0.375. The van der Waals surface area contributed by atoms with Crippen molar-refractivity contribution in [3.05, 3.63) is 58.8 Å². The van der Waals surface area contributed by atoms with E-state index >= 15 is 0 Å². The van der Waals surface area contributed by atoms with Crippen LogP contribution in [0.3, 0.4) is 0 Å². The number of para-hydroxylation sites is 1. The average Bonchev–Trinajstić information content (AvgIpc) is 3.01. The SMILES string of the molecule is Cc1ccccc1NC(=O)c1c(C)oc2ccc(O)c(C[NH+]3C[C@@H](C)O[C@H](C)C3)c12. The van der Waals surface area contributed by atoms with Gasteiger partial charge in [-0.3, -0.25) is 4.79 Å². The third-order valence-corrected chi connectivity index (χ3v) is 5.78. The Morgan fingerprint density at radius 3 is 2.53 bits per heavy atom. The van der Waals surface area contributed by atoms with E-state index in [0.717, 1.165) is 29.9 Å². The Morgan fingerprint density at radius 2 is 1.83 bits per heavy atom. The first kappa shape index (κ1) is 20.4. The van der Waals surface area contributed by atoms with Gasteiger partial charge in [-0.05, 0) is 51.5 Å². The summed E-state index contributed by atoms with van der Waals surface area (Å²) in [6.45, 7) is 10.2. The normalized spacial score (nSPS) is 21.7. The second-order valence-corrected chi connectivity index (χ2v) is 8.33. The quantitative estimate of drug-likeness (QED) is 0.619. The van der Waals surface area contributed by atoms with Crippen molar-refractivity contribution in [2.24, 2.45) is 0 Å². The zero-order valence-corrected chi connectivity index (χ0v) is 17.9. The predicted molar refractivity (Wildman–Crippen MR) is 116 cm³/mol. The van der Waals surface area contributed by atoms with E-state index < -0.39 is 0 Å². The molecule has 0 aliphatic carbocycles. The molecule has 30 heavy (non-hydrogen) atoms. The first-order valence-corrected chi connectivity index (χ1v) is 10.4. The first-order chi connectivity index (χ1) is 14.3. The number of aromatic hydroxyl groups is 1. The summed E-state index contributed by atoms with van der Waals surface area (Å²) in [5.74, 6) is 0.500. The fourth-order valence-corrected chi connectivity index (χ4v) is 4.50. The fourth-order valence-electron chi connectivity index (χ4n) is 4.50. The maximum absolute atomic E-state index is 13.2. The zero-order chi connectivity index (χ0) is 21.4. The lowest BCUT2D eigenvalue weighted by atomic mass is 10.0. The van der Waals surface area contributed by atoms with E-state index in [1.54, 1.807) is 19.1 Å². The van der Waals surface area contributed by atoms with Crippen LogP contribution in [-0.2, 0) is 11.3 Å². The number of fused-ring (bicyclic) bond motifs is 1. The van der Waals surface area contributed by atoms with Crippen LogP contribution in [0.1, 0.15) is 41.1 Å². The van der Waals surface area contributed by atoms with Gasteiger partial charge in [0.1, 0.15) is 48.9 Å². The summed E-state index contributed by atoms with van der Waals surface area (Å²) >= 11 is 0. The number of carbonyl (C=O) groups is 1. The smallest absolute Gasteiger partial charge is 0.259 e. The van der Waals surface area contributed by atoms with Gasteiger partial charge in [0.15, 0.2) is 0 Å². The topological polar surface area (TPSA) is 76.1 Å². The van der Waals surface area contributed by atoms with Crippen molar-refractivity contribution < 1.29 is 24.0 Å². The number of anilines is 1. The lowest BCUT2D eigenvalue weighted by Gasteiger charge is -2.32. The molecule has 1 aliphatic heterocycles. The van der Waals surface area contributed by atoms with Crippen LogP contribution < -0.4 is 10.2 Å². The van der Waals surface area contributed by atoms with Gasteiger partial charge >= 0.3 is 0 Å². The summed E-state index contributed by atoms with van der Waals surface area (Å²) in [6, 6.07) is 11.0. The van der Waals surface area contributed by atoms with Crippen molar-refractivity contribution in [1.82, 2.24) is 0 Å². The number of quaternary nitrogens is 1. The number of furan rings is 1. The first-order valence-electron chi connectivity index (χ1n) is 10.4. The van der Waals surface area contributed by atoms with E-state index in [-0.39, 0.29) is 23.9 Å². The number of aryl methyl sites for hydroxylation is 2. The highest BCUT2D eigenvalue weighted by atomic mass is 16.5. The third kappa shape index (κ3) is 3.93. The van der Waals surface area contributed by atoms with Crippen LogP contribution in [0, 0.1) is 13.8 Å².